The Morgan fingerprint density at radius 3 is 2.68 bits per heavy atom. The Balaban J connectivity index is 1.67. The third-order valence-electron chi connectivity index (χ3n) is 5.34. The van der Waals surface area contributed by atoms with Crippen LogP contribution in [0.1, 0.15) is 41.5 Å². The first-order valence-corrected chi connectivity index (χ1v) is 11.3. The highest BCUT2D eigenvalue weighted by Gasteiger charge is 2.32. The molecule has 2 aromatic carbocycles. The Labute approximate surface area is 185 Å². The van der Waals surface area contributed by atoms with Gasteiger partial charge in [-0.3, -0.25) is 9.59 Å². The molecular weight excluding hydrogens is 410 g/mol. The molecule has 0 aliphatic carbocycles. The van der Waals surface area contributed by atoms with Crippen LogP contribution in [0.2, 0.25) is 0 Å². The van der Waals surface area contributed by atoms with Crippen molar-refractivity contribution in [1.82, 2.24) is 9.55 Å². The lowest BCUT2D eigenvalue weighted by Gasteiger charge is -2.27. The summed E-state index contributed by atoms with van der Waals surface area (Å²) >= 11 is 1.49. The minimum atomic E-state index is -0.332. The van der Waals surface area contributed by atoms with Gasteiger partial charge in [-0.25, -0.2) is 0 Å². The molecule has 1 amide bonds. The van der Waals surface area contributed by atoms with Gasteiger partial charge in [0.1, 0.15) is 11.6 Å². The number of amides is 1. The number of nitrogens with one attached hydrogen (secondary N) is 1. The van der Waals surface area contributed by atoms with Crippen LogP contribution in [0.25, 0.3) is 0 Å². The van der Waals surface area contributed by atoms with Crippen molar-refractivity contribution in [2.45, 2.75) is 37.1 Å². The fourth-order valence-corrected chi connectivity index (χ4v) is 4.77. The van der Waals surface area contributed by atoms with Gasteiger partial charge < -0.3 is 14.6 Å². The summed E-state index contributed by atoms with van der Waals surface area (Å²) in [5, 5.41) is 3.48. The monoisotopic (exact) mass is 435 g/mol. The number of carbonyl (C=O) groups excluding carboxylic acids is 1. The molecular formula is C24H25N3O3S. The van der Waals surface area contributed by atoms with Crippen LogP contribution >= 0.6 is 11.8 Å². The highest BCUT2D eigenvalue weighted by Crippen LogP contribution is 2.36. The maximum absolute atomic E-state index is 13.0. The minimum Gasteiger partial charge on any atom is -0.494 e. The van der Waals surface area contributed by atoms with E-state index in [1.807, 2.05) is 48.9 Å². The molecule has 6 nitrogen and oxygen atoms in total. The molecule has 4 rings (SSSR count). The van der Waals surface area contributed by atoms with Gasteiger partial charge in [-0.1, -0.05) is 53.7 Å². The summed E-state index contributed by atoms with van der Waals surface area (Å²) in [6, 6.07) is 15.8. The lowest BCUT2D eigenvalue weighted by Crippen LogP contribution is -2.33. The molecule has 1 atom stereocenters. The second kappa shape index (κ2) is 8.98. The predicted molar refractivity (Wildman–Crippen MR) is 123 cm³/mol. The van der Waals surface area contributed by atoms with E-state index in [0.717, 1.165) is 16.9 Å². The number of hydrogen-bond acceptors (Lipinski definition) is 5. The Morgan fingerprint density at radius 2 is 1.97 bits per heavy atom. The molecule has 0 spiro atoms. The third kappa shape index (κ3) is 4.51. The van der Waals surface area contributed by atoms with Crippen LogP contribution in [0.15, 0.2) is 58.5 Å². The summed E-state index contributed by atoms with van der Waals surface area (Å²) < 4.78 is 7.32. The number of aryl methyl sites for hydroxylation is 1. The van der Waals surface area contributed by atoms with Crippen molar-refractivity contribution in [3.8, 4) is 5.75 Å². The SMILES string of the molecule is CCOc1ccc(C2CC(=O)Nc3c2c(=O)nc(SCc2cccc(C)c2)n3C)cc1. The van der Waals surface area contributed by atoms with Crippen LogP contribution in [-0.4, -0.2) is 22.1 Å². The number of thioether (sulfide) groups is 1. The van der Waals surface area contributed by atoms with E-state index in [9.17, 15) is 9.59 Å². The highest BCUT2D eigenvalue weighted by molar-refractivity contribution is 7.98. The predicted octanol–water partition coefficient (Wildman–Crippen LogP) is 4.25. The largest absolute Gasteiger partial charge is 0.494 e. The number of anilines is 1. The van der Waals surface area contributed by atoms with Gasteiger partial charge >= 0.3 is 0 Å². The Kier molecular flexibility index (Phi) is 6.13. The first-order chi connectivity index (χ1) is 15.0. The summed E-state index contributed by atoms with van der Waals surface area (Å²) in [6.07, 6.45) is 0.216. The maximum atomic E-state index is 13.0. The van der Waals surface area contributed by atoms with E-state index in [2.05, 4.69) is 35.4 Å². The second-order valence-electron chi connectivity index (χ2n) is 7.61. The van der Waals surface area contributed by atoms with Crippen molar-refractivity contribution in [3.05, 3.63) is 81.1 Å². The number of rotatable bonds is 6. The molecule has 1 unspecified atom stereocenters. The lowest BCUT2D eigenvalue weighted by molar-refractivity contribution is -0.116. The molecule has 0 fully saturated rings. The van der Waals surface area contributed by atoms with Crippen LogP contribution < -0.4 is 15.6 Å². The molecule has 1 aliphatic heterocycles. The number of nitrogens with zero attached hydrogens (tertiary/aromatic N) is 2. The molecule has 1 aliphatic rings. The van der Waals surface area contributed by atoms with Gasteiger partial charge in [-0.05, 0) is 37.1 Å². The van der Waals surface area contributed by atoms with E-state index < -0.39 is 0 Å². The number of carbonyl (C=O) groups is 1. The van der Waals surface area contributed by atoms with E-state index in [4.69, 9.17) is 4.74 Å². The van der Waals surface area contributed by atoms with Crippen molar-refractivity contribution < 1.29 is 9.53 Å². The van der Waals surface area contributed by atoms with Gasteiger partial charge in [0.05, 0.1) is 12.2 Å². The fraction of sp³-hybridized carbons (Fsp3) is 0.292. The van der Waals surface area contributed by atoms with E-state index in [0.29, 0.717) is 28.9 Å². The van der Waals surface area contributed by atoms with Crippen molar-refractivity contribution in [3.63, 3.8) is 0 Å². The smallest absolute Gasteiger partial charge is 0.279 e. The third-order valence-corrected chi connectivity index (χ3v) is 6.45. The molecule has 31 heavy (non-hydrogen) atoms. The fourth-order valence-electron chi connectivity index (χ4n) is 3.86. The molecule has 0 saturated carbocycles. The zero-order valence-electron chi connectivity index (χ0n) is 17.8. The number of benzene rings is 2. The van der Waals surface area contributed by atoms with E-state index in [-0.39, 0.29) is 23.8 Å². The summed E-state index contributed by atoms with van der Waals surface area (Å²) in [6.45, 7) is 4.57. The Bertz CT molecular complexity index is 1170. The Hall–Kier alpha value is -3.06. The standard InChI is InChI=1S/C24H25N3O3S/c1-4-30-18-10-8-17(9-11-18)19-13-20(28)25-22-21(19)23(29)26-24(27(22)3)31-14-16-7-5-6-15(2)12-16/h5-12,19H,4,13-14H2,1-3H3,(H,25,28). The van der Waals surface area contributed by atoms with E-state index in [1.165, 1.54) is 17.3 Å². The van der Waals surface area contributed by atoms with Gasteiger partial charge in [-0.2, -0.15) is 4.98 Å². The quantitative estimate of drug-likeness (QED) is 0.463. The van der Waals surface area contributed by atoms with Crippen LogP contribution in [-0.2, 0) is 17.6 Å². The van der Waals surface area contributed by atoms with Gasteiger partial charge in [0.2, 0.25) is 5.91 Å². The zero-order chi connectivity index (χ0) is 22.0. The molecule has 0 radical (unpaired) electrons. The minimum absolute atomic E-state index is 0.109. The van der Waals surface area contributed by atoms with Gasteiger partial charge in [0, 0.05) is 25.1 Å². The first kappa shape index (κ1) is 21.2. The lowest BCUT2D eigenvalue weighted by atomic mass is 9.87. The topological polar surface area (TPSA) is 73.2 Å². The van der Waals surface area contributed by atoms with Gasteiger partial charge in [0.15, 0.2) is 5.16 Å². The summed E-state index contributed by atoms with van der Waals surface area (Å²) in [5.41, 5.74) is 3.49. The van der Waals surface area contributed by atoms with E-state index >= 15 is 0 Å². The van der Waals surface area contributed by atoms with Crippen LogP contribution in [0.5, 0.6) is 5.75 Å². The van der Waals surface area contributed by atoms with Crippen molar-refractivity contribution in [2.24, 2.45) is 7.05 Å². The number of ether oxygens (including phenoxy) is 1. The van der Waals surface area contributed by atoms with Crippen molar-refractivity contribution in [1.29, 1.82) is 0 Å². The number of aromatic nitrogens is 2. The first-order valence-electron chi connectivity index (χ1n) is 10.3. The summed E-state index contributed by atoms with van der Waals surface area (Å²) in [7, 11) is 1.84. The summed E-state index contributed by atoms with van der Waals surface area (Å²) in [4.78, 5) is 29.9. The molecule has 160 valence electrons. The average Bonchev–Trinajstić information content (AvgIpc) is 2.75. The van der Waals surface area contributed by atoms with Crippen molar-refractivity contribution in [2.75, 3.05) is 11.9 Å². The maximum Gasteiger partial charge on any atom is 0.279 e. The van der Waals surface area contributed by atoms with Crippen molar-refractivity contribution >= 4 is 23.5 Å². The highest BCUT2D eigenvalue weighted by atomic mass is 32.2. The van der Waals surface area contributed by atoms with E-state index in [1.54, 1.807) is 0 Å². The van der Waals surface area contributed by atoms with Crippen LogP contribution in [0.3, 0.4) is 0 Å². The van der Waals surface area contributed by atoms with Crippen LogP contribution in [0.4, 0.5) is 5.82 Å². The summed E-state index contributed by atoms with van der Waals surface area (Å²) in [5.74, 6) is 1.54. The molecule has 3 aromatic rings. The Morgan fingerprint density at radius 1 is 1.19 bits per heavy atom. The average molecular weight is 436 g/mol. The molecule has 1 N–H and O–H groups in total. The molecule has 1 aromatic heterocycles. The molecule has 0 bridgehead atoms. The van der Waals surface area contributed by atoms with Crippen LogP contribution in [0, 0.1) is 6.92 Å². The molecule has 0 saturated heterocycles. The number of hydrogen-bond donors (Lipinski definition) is 1. The normalized spacial score (nSPS) is 15.3. The van der Waals surface area contributed by atoms with Gasteiger partial charge in [-0.15, -0.1) is 0 Å². The molecule has 2 heterocycles. The number of fused-ring (bicyclic) bond motifs is 1. The second-order valence-corrected chi connectivity index (χ2v) is 8.55. The molecule has 7 heteroatoms. The zero-order valence-corrected chi connectivity index (χ0v) is 18.7. The van der Waals surface area contributed by atoms with Gasteiger partial charge in [0.25, 0.3) is 5.56 Å².